The van der Waals surface area contributed by atoms with Gasteiger partial charge in [0.15, 0.2) is 0 Å². The molecule has 2 heterocycles. The van der Waals surface area contributed by atoms with Gasteiger partial charge in [0.05, 0.1) is 0 Å². The summed E-state index contributed by atoms with van der Waals surface area (Å²) in [7, 11) is 0. The lowest BCUT2D eigenvalue weighted by Crippen LogP contribution is -2.03. The van der Waals surface area contributed by atoms with Crippen LogP contribution in [0.1, 0.15) is 25.5 Å². The van der Waals surface area contributed by atoms with E-state index in [9.17, 15) is 0 Å². The Balaban J connectivity index is 2.09. The van der Waals surface area contributed by atoms with E-state index < -0.39 is 0 Å². The van der Waals surface area contributed by atoms with Gasteiger partial charge in [-0.2, -0.15) is 0 Å². The zero-order valence-corrected chi connectivity index (χ0v) is 12.1. The Hall–Kier alpha value is -2.69. The minimum absolute atomic E-state index is 0.353. The van der Waals surface area contributed by atoms with Gasteiger partial charge in [-0.15, -0.1) is 0 Å². The standard InChI is InChI=1S/C16H17N5/c1-11(2)14-9-15(20-10-19-14)21-7-6-18-16(21)12-4-3-5-13(17)8-12/h3-11H,17H2,1-2H3. The fraction of sp³-hybridized carbons (Fsp3) is 0.188. The summed E-state index contributed by atoms with van der Waals surface area (Å²) in [5.41, 5.74) is 8.54. The van der Waals surface area contributed by atoms with Crippen LogP contribution in [0.3, 0.4) is 0 Å². The summed E-state index contributed by atoms with van der Waals surface area (Å²) in [5, 5.41) is 0. The van der Waals surface area contributed by atoms with E-state index >= 15 is 0 Å². The number of aromatic nitrogens is 4. The Labute approximate surface area is 123 Å². The van der Waals surface area contributed by atoms with Crippen LogP contribution in [-0.2, 0) is 0 Å². The van der Waals surface area contributed by atoms with E-state index in [1.807, 2.05) is 41.1 Å². The first-order chi connectivity index (χ1) is 10.1. The summed E-state index contributed by atoms with van der Waals surface area (Å²) >= 11 is 0. The molecule has 2 N–H and O–H groups in total. The molecule has 21 heavy (non-hydrogen) atoms. The lowest BCUT2D eigenvalue weighted by Gasteiger charge is -2.10. The average Bonchev–Trinajstić information content (AvgIpc) is 2.97. The summed E-state index contributed by atoms with van der Waals surface area (Å²) in [5.74, 6) is 1.98. The van der Waals surface area contributed by atoms with Crippen molar-refractivity contribution in [3.05, 3.63) is 54.7 Å². The van der Waals surface area contributed by atoms with Crippen molar-refractivity contribution in [3.8, 4) is 17.2 Å². The van der Waals surface area contributed by atoms with E-state index in [0.29, 0.717) is 11.6 Å². The minimum atomic E-state index is 0.353. The third-order valence-corrected chi connectivity index (χ3v) is 3.30. The molecule has 0 aliphatic carbocycles. The van der Waals surface area contributed by atoms with E-state index in [1.165, 1.54) is 0 Å². The maximum atomic E-state index is 5.85. The van der Waals surface area contributed by atoms with Gasteiger partial charge in [-0.3, -0.25) is 4.57 Å². The number of nitrogen functional groups attached to an aromatic ring is 1. The number of hydrogen-bond donors (Lipinski definition) is 1. The molecular weight excluding hydrogens is 262 g/mol. The van der Waals surface area contributed by atoms with Crippen molar-refractivity contribution in [2.45, 2.75) is 19.8 Å². The maximum Gasteiger partial charge on any atom is 0.145 e. The van der Waals surface area contributed by atoms with Crippen molar-refractivity contribution in [2.75, 3.05) is 5.73 Å². The SMILES string of the molecule is CC(C)c1cc(-n2ccnc2-c2cccc(N)c2)ncn1. The average molecular weight is 279 g/mol. The Kier molecular flexibility index (Phi) is 3.39. The number of nitrogens with two attached hydrogens (primary N) is 1. The van der Waals surface area contributed by atoms with Crippen LogP contribution in [0.5, 0.6) is 0 Å². The van der Waals surface area contributed by atoms with Crippen molar-refractivity contribution in [3.63, 3.8) is 0 Å². The van der Waals surface area contributed by atoms with Gasteiger partial charge in [-0.05, 0) is 18.1 Å². The molecule has 0 aliphatic rings. The van der Waals surface area contributed by atoms with E-state index in [1.54, 1.807) is 12.5 Å². The van der Waals surface area contributed by atoms with Crippen LogP contribution in [0.15, 0.2) is 49.1 Å². The third-order valence-electron chi connectivity index (χ3n) is 3.30. The fourth-order valence-corrected chi connectivity index (χ4v) is 2.19. The van der Waals surface area contributed by atoms with E-state index in [-0.39, 0.29) is 0 Å². The zero-order valence-electron chi connectivity index (χ0n) is 12.1. The highest BCUT2D eigenvalue weighted by Crippen LogP contribution is 2.23. The normalized spacial score (nSPS) is 11.0. The van der Waals surface area contributed by atoms with Crippen molar-refractivity contribution >= 4 is 5.69 Å². The van der Waals surface area contributed by atoms with Gasteiger partial charge in [0, 0.05) is 35.4 Å². The van der Waals surface area contributed by atoms with Crippen molar-refractivity contribution in [1.29, 1.82) is 0 Å². The Bertz CT molecular complexity index is 761. The van der Waals surface area contributed by atoms with Crippen molar-refractivity contribution in [1.82, 2.24) is 19.5 Å². The number of imidazole rings is 1. The molecule has 0 atom stereocenters. The molecular formula is C16H17N5. The number of nitrogens with zero attached hydrogens (tertiary/aromatic N) is 4. The van der Waals surface area contributed by atoms with E-state index in [0.717, 1.165) is 22.9 Å². The lowest BCUT2D eigenvalue weighted by atomic mass is 10.1. The molecule has 0 radical (unpaired) electrons. The first-order valence-corrected chi connectivity index (χ1v) is 6.86. The summed E-state index contributed by atoms with van der Waals surface area (Å²) in [6.07, 6.45) is 5.24. The Morgan fingerprint density at radius 3 is 2.71 bits per heavy atom. The predicted molar refractivity (Wildman–Crippen MR) is 83.1 cm³/mol. The molecule has 0 unspecified atom stereocenters. The number of benzene rings is 1. The van der Waals surface area contributed by atoms with E-state index in [2.05, 4.69) is 28.8 Å². The third kappa shape index (κ3) is 2.63. The van der Waals surface area contributed by atoms with E-state index in [4.69, 9.17) is 5.73 Å². The van der Waals surface area contributed by atoms with Gasteiger partial charge in [-0.25, -0.2) is 15.0 Å². The largest absolute Gasteiger partial charge is 0.399 e. The Morgan fingerprint density at radius 1 is 1.10 bits per heavy atom. The highest BCUT2D eigenvalue weighted by molar-refractivity contribution is 5.63. The smallest absolute Gasteiger partial charge is 0.145 e. The van der Waals surface area contributed by atoms with Gasteiger partial charge in [0.1, 0.15) is 18.0 Å². The number of anilines is 1. The van der Waals surface area contributed by atoms with Gasteiger partial charge in [0.2, 0.25) is 0 Å². The summed E-state index contributed by atoms with van der Waals surface area (Å²) in [4.78, 5) is 13.1. The molecule has 5 nitrogen and oxygen atoms in total. The molecule has 0 fully saturated rings. The van der Waals surface area contributed by atoms with Gasteiger partial charge >= 0.3 is 0 Å². The Morgan fingerprint density at radius 2 is 1.95 bits per heavy atom. The maximum absolute atomic E-state index is 5.85. The van der Waals surface area contributed by atoms with Crippen molar-refractivity contribution in [2.24, 2.45) is 0 Å². The molecule has 5 heteroatoms. The minimum Gasteiger partial charge on any atom is -0.399 e. The fourth-order valence-electron chi connectivity index (χ4n) is 2.19. The molecule has 3 rings (SSSR count). The van der Waals surface area contributed by atoms with Crippen LogP contribution in [0, 0.1) is 0 Å². The molecule has 0 spiro atoms. The van der Waals surface area contributed by atoms with Gasteiger partial charge in [0.25, 0.3) is 0 Å². The topological polar surface area (TPSA) is 69.6 Å². The lowest BCUT2D eigenvalue weighted by molar-refractivity contribution is 0.805. The van der Waals surface area contributed by atoms with Crippen LogP contribution in [0.25, 0.3) is 17.2 Å². The first-order valence-electron chi connectivity index (χ1n) is 6.86. The highest BCUT2D eigenvalue weighted by atomic mass is 15.1. The number of rotatable bonds is 3. The van der Waals surface area contributed by atoms with Gasteiger partial charge < -0.3 is 5.73 Å². The molecule has 0 amide bonds. The highest BCUT2D eigenvalue weighted by Gasteiger charge is 2.10. The monoisotopic (exact) mass is 279 g/mol. The molecule has 0 saturated carbocycles. The molecule has 106 valence electrons. The molecule has 0 aliphatic heterocycles. The second kappa shape index (κ2) is 5.36. The molecule has 1 aromatic carbocycles. The van der Waals surface area contributed by atoms with Crippen LogP contribution in [0.4, 0.5) is 5.69 Å². The van der Waals surface area contributed by atoms with Crippen LogP contribution in [-0.4, -0.2) is 19.5 Å². The summed E-state index contributed by atoms with van der Waals surface area (Å²) in [6, 6.07) is 9.66. The van der Waals surface area contributed by atoms with Crippen molar-refractivity contribution < 1.29 is 0 Å². The first kappa shape index (κ1) is 13.3. The molecule has 2 aromatic heterocycles. The number of hydrogen-bond acceptors (Lipinski definition) is 4. The van der Waals surface area contributed by atoms with Crippen LogP contribution in [0.2, 0.25) is 0 Å². The zero-order chi connectivity index (χ0) is 14.8. The second-order valence-corrected chi connectivity index (χ2v) is 5.20. The van der Waals surface area contributed by atoms with Crippen LogP contribution < -0.4 is 5.73 Å². The summed E-state index contributed by atoms with van der Waals surface area (Å²) < 4.78 is 1.95. The second-order valence-electron chi connectivity index (χ2n) is 5.20. The predicted octanol–water partition coefficient (Wildman–Crippen LogP) is 3.03. The molecule has 0 bridgehead atoms. The van der Waals surface area contributed by atoms with Crippen LogP contribution >= 0.6 is 0 Å². The quantitative estimate of drug-likeness (QED) is 0.748. The molecule has 3 aromatic rings. The molecule has 0 saturated heterocycles. The summed E-state index contributed by atoms with van der Waals surface area (Å²) in [6.45, 7) is 4.22. The van der Waals surface area contributed by atoms with Gasteiger partial charge in [-0.1, -0.05) is 26.0 Å².